The van der Waals surface area contributed by atoms with E-state index >= 15 is 0 Å². The molecule has 1 saturated heterocycles. The molecule has 35 heavy (non-hydrogen) atoms. The number of hydrogen-bond donors (Lipinski definition) is 1. The van der Waals surface area contributed by atoms with Crippen LogP contribution in [-0.4, -0.2) is 54.1 Å². The second-order valence-electron chi connectivity index (χ2n) is 8.29. The smallest absolute Gasteiger partial charge is 0.266 e. The van der Waals surface area contributed by atoms with Crippen LogP contribution < -0.4 is 19.9 Å². The number of nitrogens with zero attached hydrogens (tertiary/aromatic N) is 5. The van der Waals surface area contributed by atoms with Crippen molar-refractivity contribution in [2.75, 3.05) is 48.4 Å². The minimum atomic E-state index is -0.227. The molecule has 1 aromatic carbocycles. The van der Waals surface area contributed by atoms with E-state index in [0.717, 1.165) is 53.6 Å². The summed E-state index contributed by atoms with van der Waals surface area (Å²) in [5, 5.41) is 4.39. The van der Waals surface area contributed by atoms with Crippen LogP contribution >= 0.6 is 22.9 Å². The molecule has 5 rings (SSSR count). The number of halogens is 1. The molecule has 1 aliphatic rings. The van der Waals surface area contributed by atoms with E-state index in [9.17, 15) is 4.79 Å². The highest BCUT2D eigenvalue weighted by molar-refractivity contribution is 7.20. The Bertz CT molecular complexity index is 1390. The van der Waals surface area contributed by atoms with E-state index in [1.165, 1.54) is 11.3 Å². The number of carbonyl (C=O) groups is 1. The predicted octanol–water partition coefficient (Wildman–Crippen LogP) is 4.94. The van der Waals surface area contributed by atoms with Crippen LogP contribution in [0.5, 0.6) is 5.75 Å². The minimum absolute atomic E-state index is 0.227. The summed E-state index contributed by atoms with van der Waals surface area (Å²) in [5.41, 5.74) is 1.39. The van der Waals surface area contributed by atoms with Gasteiger partial charge in [0.15, 0.2) is 0 Å². The monoisotopic (exact) mass is 508 g/mol. The van der Waals surface area contributed by atoms with Crippen molar-refractivity contribution in [1.29, 1.82) is 0 Å². The number of nitrogens with one attached hydrogen (secondary N) is 1. The molecule has 180 valence electrons. The molecule has 0 saturated carbocycles. The number of aryl methyl sites for hydroxylation is 2. The number of fused-ring (bicyclic) bond motifs is 1. The number of anilines is 3. The Labute approximate surface area is 212 Å². The summed E-state index contributed by atoms with van der Waals surface area (Å²) in [6.45, 7) is 7.13. The SMILES string of the molecule is COc1ccc(Cl)cc1NC(=O)c1sc2nc(C)nc(N3CCN(c4ccccn4)CC3)c2c1C. The molecule has 4 aromatic rings. The number of hydrogen-bond acceptors (Lipinski definition) is 8. The molecular weight excluding hydrogens is 484 g/mol. The molecule has 3 aromatic heterocycles. The van der Waals surface area contributed by atoms with Gasteiger partial charge >= 0.3 is 0 Å². The van der Waals surface area contributed by atoms with Gasteiger partial charge in [0.25, 0.3) is 5.91 Å². The number of carbonyl (C=O) groups excluding carboxylic acids is 1. The zero-order valence-corrected chi connectivity index (χ0v) is 21.3. The number of thiophene rings is 1. The number of pyridine rings is 1. The van der Waals surface area contributed by atoms with Crippen LogP contribution in [0.4, 0.5) is 17.3 Å². The molecule has 0 bridgehead atoms. The Morgan fingerprint density at radius 2 is 1.86 bits per heavy atom. The summed E-state index contributed by atoms with van der Waals surface area (Å²) in [5.74, 6) is 2.86. The molecule has 4 heterocycles. The Morgan fingerprint density at radius 1 is 1.09 bits per heavy atom. The first kappa shape index (κ1) is 23.3. The predicted molar refractivity (Wildman–Crippen MR) is 142 cm³/mol. The van der Waals surface area contributed by atoms with Crippen LogP contribution in [0.2, 0.25) is 5.02 Å². The highest BCUT2D eigenvalue weighted by atomic mass is 35.5. The van der Waals surface area contributed by atoms with Crippen LogP contribution in [0.15, 0.2) is 42.6 Å². The summed E-state index contributed by atoms with van der Waals surface area (Å²) < 4.78 is 5.37. The lowest BCUT2D eigenvalue weighted by molar-refractivity contribution is 0.102. The Kier molecular flexibility index (Phi) is 6.44. The molecule has 1 amide bonds. The molecule has 0 aliphatic carbocycles. The fourth-order valence-corrected chi connectivity index (χ4v) is 5.60. The summed E-state index contributed by atoms with van der Waals surface area (Å²) in [4.78, 5) is 33.2. The van der Waals surface area contributed by atoms with Crippen molar-refractivity contribution in [2.24, 2.45) is 0 Å². The van der Waals surface area contributed by atoms with Crippen molar-refractivity contribution in [3.63, 3.8) is 0 Å². The van der Waals surface area contributed by atoms with Gasteiger partial charge in [-0.3, -0.25) is 4.79 Å². The van der Waals surface area contributed by atoms with Gasteiger partial charge < -0.3 is 19.9 Å². The lowest BCUT2D eigenvalue weighted by Gasteiger charge is -2.36. The van der Waals surface area contributed by atoms with Gasteiger partial charge in [-0.1, -0.05) is 17.7 Å². The third-order valence-electron chi connectivity index (χ3n) is 6.05. The summed E-state index contributed by atoms with van der Waals surface area (Å²) in [6, 6.07) is 11.1. The van der Waals surface area contributed by atoms with E-state index in [4.69, 9.17) is 21.3 Å². The van der Waals surface area contributed by atoms with Gasteiger partial charge in [0, 0.05) is 37.4 Å². The van der Waals surface area contributed by atoms with Gasteiger partial charge in [0.1, 0.15) is 28.0 Å². The van der Waals surface area contributed by atoms with Crippen LogP contribution in [-0.2, 0) is 0 Å². The molecule has 1 N–H and O–H groups in total. The van der Waals surface area contributed by atoms with Gasteiger partial charge in [-0.2, -0.15) is 0 Å². The van der Waals surface area contributed by atoms with E-state index in [-0.39, 0.29) is 5.91 Å². The quantitative estimate of drug-likeness (QED) is 0.408. The fourth-order valence-electron chi connectivity index (χ4n) is 4.31. The van der Waals surface area contributed by atoms with Crippen LogP contribution in [0.1, 0.15) is 21.1 Å². The molecule has 10 heteroatoms. The number of benzene rings is 1. The summed E-state index contributed by atoms with van der Waals surface area (Å²) in [7, 11) is 1.56. The Balaban J connectivity index is 1.44. The van der Waals surface area contributed by atoms with Crippen molar-refractivity contribution in [3.8, 4) is 5.75 Å². The lowest BCUT2D eigenvalue weighted by atomic mass is 10.1. The van der Waals surface area contributed by atoms with Gasteiger partial charge in [-0.05, 0) is 49.7 Å². The van der Waals surface area contributed by atoms with Gasteiger partial charge in [-0.15, -0.1) is 11.3 Å². The van der Waals surface area contributed by atoms with Crippen molar-refractivity contribution in [2.45, 2.75) is 13.8 Å². The second-order valence-corrected chi connectivity index (χ2v) is 9.73. The average Bonchev–Trinajstić information content (AvgIpc) is 3.20. The van der Waals surface area contributed by atoms with E-state index < -0.39 is 0 Å². The van der Waals surface area contributed by atoms with Gasteiger partial charge in [-0.25, -0.2) is 15.0 Å². The Hall–Kier alpha value is -3.43. The van der Waals surface area contributed by atoms with Crippen LogP contribution in [0, 0.1) is 13.8 Å². The average molecular weight is 509 g/mol. The van der Waals surface area contributed by atoms with E-state index in [1.807, 2.05) is 38.2 Å². The molecule has 0 unspecified atom stereocenters. The lowest BCUT2D eigenvalue weighted by Crippen LogP contribution is -2.47. The normalized spacial score (nSPS) is 13.8. The van der Waals surface area contributed by atoms with Crippen LogP contribution in [0.3, 0.4) is 0 Å². The third kappa shape index (κ3) is 4.61. The number of amides is 1. The zero-order valence-electron chi connectivity index (χ0n) is 19.7. The molecule has 1 fully saturated rings. The van der Waals surface area contributed by atoms with E-state index in [0.29, 0.717) is 27.2 Å². The maximum atomic E-state index is 13.3. The van der Waals surface area contributed by atoms with Crippen molar-refractivity contribution < 1.29 is 9.53 Å². The standard InChI is InChI=1S/C25H25ClN6O2S/c1-15-21-23(32-12-10-31(11-13-32)20-6-4-5-9-27-20)28-16(2)29-25(21)35-22(15)24(33)30-18-14-17(26)7-8-19(18)34-3/h4-9,14H,10-13H2,1-3H3,(H,30,33). The molecule has 0 atom stereocenters. The van der Waals surface area contributed by atoms with E-state index in [2.05, 4.69) is 25.1 Å². The number of ether oxygens (including phenoxy) is 1. The van der Waals surface area contributed by atoms with Gasteiger partial charge in [0.2, 0.25) is 0 Å². The molecule has 8 nitrogen and oxygen atoms in total. The number of piperazine rings is 1. The molecule has 1 aliphatic heterocycles. The number of rotatable bonds is 5. The number of aromatic nitrogens is 3. The first-order valence-corrected chi connectivity index (χ1v) is 12.5. The second kappa shape index (κ2) is 9.67. The van der Waals surface area contributed by atoms with Gasteiger partial charge in [0.05, 0.1) is 23.1 Å². The first-order chi connectivity index (χ1) is 16.9. The molecular formula is C25H25ClN6O2S. The maximum Gasteiger partial charge on any atom is 0.266 e. The molecule has 0 spiro atoms. The minimum Gasteiger partial charge on any atom is -0.495 e. The number of methoxy groups -OCH3 is 1. The highest BCUT2D eigenvalue weighted by Crippen LogP contribution is 2.37. The van der Waals surface area contributed by atoms with Crippen molar-refractivity contribution in [3.05, 3.63) is 63.9 Å². The zero-order chi connectivity index (χ0) is 24.5. The highest BCUT2D eigenvalue weighted by Gasteiger charge is 2.26. The molecule has 0 radical (unpaired) electrons. The Morgan fingerprint density at radius 3 is 2.57 bits per heavy atom. The van der Waals surface area contributed by atoms with Crippen LogP contribution in [0.25, 0.3) is 10.2 Å². The maximum absolute atomic E-state index is 13.3. The third-order valence-corrected chi connectivity index (χ3v) is 7.47. The largest absolute Gasteiger partial charge is 0.495 e. The summed E-state index contributed by atoms with van der Waals surface area (Å²) in [6.07, 6.45) is 1.82. The first-order valence-electron chi connectivity index (χ1n) is 11.3. The van der Waals surface area contributed by atoms with Crippen molar-refractivity contribution in [1.82, 2.24) is 15.0 Å². The van der Waals surface area contributed by atoms with E-state index in [1.54, 1.807) is 25.3 Å². The summed E-state index contributed by atoms with van der Waals surface area (Å²) >= 11 is 7.51. The topological polar surface area (TPSA) is 83.5 Å². The fraction of sp³-hybridized carbons (Fsp3) is 0.280. The van der Waals surface area contributed by atoms with Crippen molar-refractivity contribution >= 4 is 56.4 Å².